The first kappa shape index (κ1) is 14.8. The number of likely N-dealkylation sites (tertiary alicyclic amines) is 1. The molecule has 2 aliphatic heterocycles. The van der Waals surface area contributed by atoms with Gasteiger partial charge in [0.05, 0.1) is 12.7 Å². The van der Waals surface area contributed by atoms with Crippen LogP contribution in [-0.2, 0) is 14.3 Å². The van der Waals surface area contributed by atoms with E-state index in [0.717, 1.165) is 32.5 Å². The second kappa shape index (κ2) is 6.68. The van der Waals surface area contributed by atoms with Crippen molar-refractivity contribution in [2.24, 2.45) is 5.92 Å². The van der Waals surface area contributed by atoms with Gasteiger partial charge in [0.15, 0.2) is 0 Å². The smallest absolute Gasteiger partial charge is 0.248 e. The second-order valence-electron chi connectivity index (χ2n) is 5.96. The molecule has 2 aliphatic rings. The molecular weight excluding hydrogens is 244 g/mol. The van der Waals surface area contributed by atoms with Crippen LogP contribution < -0.4 is 0 Å². The Labute approximate surface area is 115 Å². The minimum absolute atomic E-state index is 0.106. The van der Waals surface area contributed by atoms with E-state index < -0.39 is 0 Å². The zero-order valence-corrected chi connectivity index (χ0v) is 12.3. The zero-order chi connectivity index (χ0) is 13.8. The molecule has 0 aliphatic carbocycles. The van der Waals surface area contributed by atoms with Crippen molar-refractivity contribution in [3.63, 3.8) is 0 Å². The maximum atomic E-state index is 12.1. The van der Waals surface area contributed by atoms with Crippen LogP contribution >= 0.6 is 0 Å². The molecular formula is C14H26N2O3. The molecule has 1 amide bonds. The van der Waals surface area contributed by atoms with Gasteiger partial charge in [0.1, 0.15) is 6.61 Å². The Morgan fingerprint density at radius 2 is 2.21 bits per heavy atom. The topological polar surface area (TPSA) is 42.0 Å². The van der Waals surface area contributed by atoms with Gasteiger partial charge >= 0.3 is 0 Å². The molecule has 2 saturated heterocycles. The summed E-state index contributed by atoms with van der Waals surface area (Å²) < 4.78 is 11.0. The summed E-state index contributed by atoms with van der Waals surface area (Å²) in [4.78, 5) is 16.2. The Hall–Kier alpha value is -0.650. The molecule has 0 N–H and O–H groups in total. The first-order valence-corrected chi connectivity index (χ1v) is 7.21. The molecule has 3 atom stereocenters. The van der Waals surface area contributed by atoms with E-state index in [-0.39, 0.29) is 18.6 Å². The van der Waals surface area contributed by atoms with Crippen LogP contribution in [0.5, 0.6) is 0 Å². The van der Waals surface area contributed by atoms with Crippen molar-refractivity contribution >= 4 is 5.91 Å². The lowest BCUT2D eigenvalue weighted by atomic mass is 10.1. The maximum absolute atomic E-state index is 12.1. The molecule has 5 nitrogen and oxygen atoms in total. The van der Waals surface area contributed by atoms with Gasteiger partial charge in [-0.05, 0) is 32.9 Å². The van der Waals surface area contributed by atoms with Crippen molar-refractivity contribution < 1.29 is 14.3 Å². The van der Waals surface area contributed by atoms with E-state index in [0.29, 0.717) is 18.6 Å². The predicted octanol–water partition coefficient (Wildman–Crippen LogP) is 0.591. The summed E-state index contributed by atoms with van der Waals surface area (Å²) >= 11 is 0. The SMILES string of the molecule is C[C@@H]1CN(C(=O)COC[C@H]2CCCO2)C[C@H]1N(C)C. The molecule has 110 valence electrons. The summed E-state index contributed by atoms with van der Waals surface area (Å²) in [7, 11) is 4.14. The minimum Gasteiger partial charge on any atom is -0.376 e. The highest BCUT2D eigenvalue weighted by atomic mass is 16.5. The summed E-state index contributed by atoms with van der Waals surface area (Å²) in [5.41, 5.74) is 0. The van der Waals surface area contributed by atoms with Crippen molar-refractivity contribution in [3.05, 3.63) is 0 Å². The molecule has 2 rings (SSSR count). The third kappa shape index (κ3) is 3.91. The highest BCUT2D eigenvalue weighted by Crippen LogP contribution is 2.20. The molecule has 0 spiro atoms. The van der Waals surface area contributed by atoms with Crippen molar-refractivity contribution in [1.82, 2.24) is 9.80 Å². The Balaban J connectivity index is 1.68. The average molecular weight is 270 g/mol. The largest absolute Gasteiger partial charge is 0.376 e. The van der Waals surface area contributed by atoms with E-state index in [1.54, 1.807) is 0 Å². The van der Waals surface area contributed by atoms with Crippen LogP contribution in [0.15, 0.2) is 0 Å². The highest BCUT2D eigenvalue weighted by Gasteiger charge is 2.33. The van der Waals surface area contributed by atoms with E-state index in [2.05, 4.69) is 25.9 Å². The quantitative estimate of drug-likeness (QED) is 0.733. The zero-order valence-electron chi connectivity index (χ0n) is 12.3. The number of nitrogens with zero attached hydrogens (tertiary/aromatic N) is 2. The molecule has 19 heavy (non-hydrogen) atoms. The van der Waals surface area contributed by atoms with Crippen LogP contribution in [0, 0.1) is 5.92 Å². The number of amides is 1. The first-order valence-electron chi connectivity index (χ1n) is 7.21. The Morgan fingerprint density at radius 1 is 1.42 bits per heavy atom. The van der Waals surface area contributed by atoms with Crippen molar-refractivity contribution in [3.8, 4) is 0 Å². The monoisotopic (exact) mass is 270 g/mol. The van der Waals surface area contributed by atoms with E-state index in [1.165, 1.54) is 0 Å². The van der Waals surface area contributed by atoms with Crippen LogP contribution in [-0.4, -0.2) is 74.9 Å². The van der Waals surface area contributed by atoms with Gasteiger partial charge in [-0.3, -0.25) is 4.79 Å². The van der Waals surface area contributed by atoms with Gasteiger partial charge in [0.25, 0.3) is 0 Å². The van der Waals surface area contributed by atoms with E-state index in [1.807, 2.05) is 4.90 Å². The van der Waals surface area contributed by atoms with Crippen molar-refractivity contribution in [2.45, 2.75) is 31.9 Å². The molecule has 0 aromatic heterocycles. The fourth-order valence-corrected chi connectivity index (χ4v) is 2.97. The van der Waals surface area contributed by atoms with Crippen LogP contribution in [0.25, 0.3) is 0 Å². The van der Waals surface area contributed by atoms with E-state index in [4.69, 9.17) is 9.47 Å². The minimum atomic E-state index is 0.106. The lowest BCUT2D eigenvalue weighted by Gasteiger charge is -2.22. The number of hydrogen-bond donors (Lipinski definition) is 0. The number of carbonyl (C=O) groups excluding carboxylic acids is 1. The van der Waals surface area contributed by atoms with E-state index in [9.17, 15) is 4.79 Å². The normalized spacial score (nSPS) is 31.4. The molecule has 5 heteroatoms. The lowest BCUT2D eigenvalue weighted by molar-refractivity contribution is -0.136. The molecule has 2 fully saturated rings. The summed E-state index contributed by atoms with van der Waals surface area (Å²) in [6, 6.07) is 0.460. The standard InChI is InChI=1S/C14H26N2O3/c1-11-7-16(8-13(11)15(2)3)14(17)10-18-9-12-5-4-6-19-12/h11-13H,4-10H2,1-3H3/t11-,12-,13-/m1/s1. The number of likely N-dealkylation sites (N-methyl/N-ethyl adjacent to an activating group) is 1. The van der Waals surface area contributed by atoms with Gasteiger partial charge in [0, 0.05) is 25.7 Å². The lowest BCUT2D eigenvalue weighted by Crippen LogP contribution is -2.37. The van der Waals surface area contributed by atoms with Gasteiger partial charge in [-0.15, -0.1) is 0 Å². The van der Waals surface area contributed by atoms with Crippen molar-refractivity contribution in [1.29, 1.82) is 0 Å². The summed E-state index contributed by atoms with van der Waals surface area (Å²) in [5.74, 6) is 0.631. The summed E-state index contributed by atoms with van der Waals surface area (Å²) in [5, 5.41) is 0. The summed E-state index contributed by atoms with van der Waals surface area (Å²) in [6.45, 7) is 5.42. The number of rotatable bonds is 5. The van der Waals surface area contributed by atoms with Gasteiger partial charge in [0.2, 0.25) is 5.91 Å². The van der Waals surface area contributed by atoms with Crippen LogP contribution in [0.2, 0.25) is 0 Å². The second-order valence-corrected chi connectivity index (χ2v) is 5.96. The van der Waals surface area contributed by atoms with Gasteiger partial charge in [-0.25, -0.2) is 0 Å². The molecule has 0 unspecified atom stereocenters. The van der Waals surface area contributed by atoms with Gasteiger partial charge in [-0.1, -0.05) is 6.92 Å². The molecule has 2 heterocycles. The van der Waals surface area contributed by atoms with Crippen LogP contribution in [0.1, 0.15) is 19.8 Å². The Kier molecular flexibility index (Phi) is 5.19. The fourth-order valence-electron chi connectivity index (χ4n) is 2.97. The number of hydrogen-bond acceptors (Lipinski definition) is 4. The summed E-state index contributed by atoms with van der Waals surface area (Å²) in [6.07, 6.45) is 2.35. The number of carbonyl (C=O) groups is 1. The van der Waals surface area contributed by atoms with Gasteiger partial charge in [-0.2, -0.15) is 0 Å². The van der Waals surface area contributed by atoms with Crippen LogP contribution in [0.4, 0.5) is 0 Å². The molecule has 0 aromatic carbocycles. The third-order valence-corrected chi connectivity index (χ3v) is 4.14. The molecule has 0 radical (unpaired) electrons. The molecule has 0 aromatic rings. The maximum Gasteiger partial charge on any atom is 0.248 e. The van der Waals surface area contributed by atoms with Crippen molar-refractivity contribution in [2.75, 3.05) is 47.0 Å². The number of ether oxygens (including phenoxy) is 2. The van der Waals surface area contributed by atoms with Gasteiger partial charge < -0.3 is 19.3 Å². The molecule has 0 saturated carbocycles. The van der Waals surface area contributed by atoms with E-state index >= 15 is 0 Å². The Morgan fingerprint density at radius 3 is 2.79 bits per heavy atom. The average Bonchev–Trinajstić information content (AvgIpc) is 2.98. The fraction of sp³-hybridized carbons (Fsp3) is 0.929. The highest BCUT2D eigenvalue weighted by molar-refractivity contribution is 5.77. The molecule has 0 bridgehead atoms. The first-order chi connectivity index (χ1) is 9.08. The third-order valence-electron chi connectivity index (χ3n) is 4.14. The Bertz CT molecular complexity index is 303. The predicted molar refractivity (Wildman–Crippen MR) is 73.0 cm³/mol. The van der Waals surface area contributed by atoms with Crippen LogP contribution in [0.3, 0.4) is 0 Å².